The number of rotatable bonds is 4. The highest BCUT2D eigenvalue weighted by molar-refractivity contribution is 5.94. The molecule has 0 saturated carbocycles. The van der Waals surface area contributed by atoms with Crippen molar-refractivity contribution < 1.29 is 9.32 Å². The zero-order valence-corrected chi connectivity index (χ0v) is 16.2. The molecule has 0 aliphatic carbocycles. The fraction of sp³-hybridized carbons (Fsp3) is 0.318. The number of piperazine rings is 1. The van der Waals surface area contributed by atoms with E-state index < -0.39 is 0 Å². The summed E-state index contributed by atoms with van der Waals surface area (Å²) in [6, 6.07) is 17.6. The van der Waals surface area contributed by atoms with Crippen LogP contribution in [0.3, 0.4) is 0 Å². The SMILES string of the molecule is Cc1cccc(C(=O)N2CCN(C(C)c3nc(-c4ccccc4)no3)CC2)c1. The highest BCUT2D eigenvalue weighted by Gasteiger charge is 2.28. The Labute approximate surface area is 164 Å². The standard InChI is InChI=1S/C22H24N4O2/c1-16-7-6-10-19(15-16)22(27)26-13-11-25(12-14-26)17(2)21-23-20(24-28-21)18-8-4-3-5-9-18/h3-10,15,17H,11-14H2,1-2H3. The summed E-state index contributed by atoms with van der Waals surface area (Å²) in [4.78, 5) is 21.5. The third-order valence-corrected chi connectivity index (χ3v) is 5.25. The lowest BCUT2D eigenvalue weighted by atomic mass is 10.1. The smallest absolute Gasteiger partial charge is 0.253 e. The molecule has 28 heavy (non-hydrogen) atoms. The number of carbonyl (C=O) groups excluding carboxylic acids is 1. The fourth-order valence-corrected chi connectivity index (χ4v) is 3.54. The molecule has 1 aromatic heterocycles. The average Bonchev–Trinajstić information content (AvgIpc) is 3.24. The van der Waals surface area contributed by atoms with Crippen molar-refractivity contribution in [1.29, 1.82) is 0 Å². The number of amides is 1. The maximum absolute atomic E-state index is 12.7. The molecule has 1 aliphatic rings. The fourth-order valence-electron chi connectivity index (χ4n) is 3.54. The van der Waals surface area contributed by atoms with E-state index in [9.17, 15) is 4.79 Å². The Morgan fingerprint density at radius 2 is 1.79 bits per heavy atom. The first-order chi connectivity index (χ1) is 13.6. The third kappa shape index (κ3) is 3.82. The summed E-state index contributed by atoms with van der Waals surface area (Å²) in [5.41, 5.74) is 2.80. The second-order valence-electron chi connectivity index (χ2n) is 7.20. The molecule has 2 heterocycles. The molecule has 1 atom stereocenters. The second kappa shape index (κ2) is 7.94. The third-order valence-electron chi connectivity index (χ3n) is 5.25. The Kier molecular flexibility index (Phi) is 5.21. The maximum Gasteiger partial charge on any atom is 0.253 e. The van der Waals surface area contributed by atoms with E-state index >= 15 is 0 Å². The van der Waals surface area contributed by atoms with Gasteiger partial charge in [-0.15, -0.1) is 0 Å². The van der Waals surface area contributed by atoms with Gasteiger partial charge in [0.1, 0.15) is 0 Å². The van der Waals surface area contributed by atoms with Gasteiger partial charge in [0, 0.05) is 37.3 Å². The first kappa shape index (κ1) is 18.4. The number of aromatic nitrogens is 2. The van der Waals surface area contributed by atoms with Gasteiger partial charge in [0.2, 0.25) is 11.7 Å². The Morgan fingerprint density at radius 3 is 2.50 bits per heavy atom. The van der Waals surface area contributed by atoms with Crippen LogP contribution in [0.25, 0.3) is 11.4 Å². The molecule has 1 amide bonds. The molecule has 0 N–H and O–H groups in total. The van der Waals surface area contributed by atoms with E-state index in [1.54, 1.807) is 0 Å². The molecular weight excluding hydrogens is 352 g/mol. The van der Waals surface area contributed by atoms with Gasteiger partial charge in [-0.25, -0.2) is 0 Å². The number of aryl methyl sites for hydroxylation is 1. The highest BCUT2D eigenvalue weighted by atomic mass is 16.5. The quantitative estimate of drug-likeness (QED) is 0.697. The van der Waals surface area contributed by atoms with E-state index in [1.165, 1.54) is 0 Å². The van der Waals surface area contributed by atoms with Crippen molar-refractivity contribution in [3.8, 4) is 11.4 Å². The number of nitrogens with zero attached hydrogens (tertiary/aromatic N) is 4. The largest absolute Gasteiger partial charge is 0.337 e. The minimum absolute atomic E-state index is 0.0150. The molecule has 0 radical (unpaired) electrons. The van der Waals surface area contributed by atoms with Crippen LogP contribution in [-0.2, 0) is 0 Å². The van der Waals surface area contributed by atoms with Crippen molar-refractivity contribution in [3.05, 3.63) is 71.6 Å². The van der Waals surface area contributed by atoms with Gasteiger partial charge in [0.15, 0.2) is 0 Å². The van der Waals surface area contributed by atoms with E-state index in [0.717, 1.165) is 29.8 Å². The number of benzene rings is 2. The summed E-state index contributed by atoms with van der Waals surface area (Å²) in [5.74, 6) is 1.31. The van der Waals surface area contributed by atoms with Gasteiger partial charge in [-0.3, -0.25) is 9.69 Å². The van der Waals surface area contributed by atoms with Gasteiger partial charge in [0.05, 0.1) is 6.04 Å². The number of hydrogen-bond donors (Lipinski definition) is 0. The molecule has 1 aliphatic heterocycles. The van der Waals surface area contributed by atoms with Crippen molar-refractivity contribution in [2.75, 3.05) is 26.2 Å². The van der Waals surface area contributed by atoms with Gasteiger partial charge < -0.3 is 9.42 Å². The lowest BCUT2D eigenvalue weighted by Crippen LogP contribution is -2.49. The molecule has 0 spiro atoms. The van der Waals surface area contributed by atoms with Crippen LogP contribution >= 0.6 is 0 Å². The first-order valence-electron chi connectivity index (χ1n) is 9.61. The molecule has 0 bridgehead atoms. The summed E-state index contributed by atoms with van der Waals surface area (Å²) < 4.78 is 5.51. The van der Waals surface area contributed by atoms with E-state index in [4.69, 9.17) is 4.52 Å². The van der Waals surface area contributed by atoms with Crippen molar-refractivity contribution >= 4 is 5.91 Å². The van der Waals surface area contributed by atoms with Crippen LogP contribution in [-0.4, -0.2) is 52.0 Å². The Morgan fingerprint density at radius 1 is 1.04 bits per heavy atom. The molecule has 1 unspecified atom stereocenters. The second-order valence-corrected chi connectivity index (χ2v) is 7.20. The normalized spacial score (nSPS) is 16.1. The minimum atomic E-state index is 0.0150. The molecule has 1 fully saturated rings. The van der Waals surface area contributed by atoms with Crippen LogP contribution in [0.1, 0.15) is 34.8 Å². The predicted octanol–water partition coefficient (Wildman–Crippen LogP) is 3.56. The number of hydrogen-bond acceptors (Lipinski definition) is 5. The summed E-state index contributed by atoms with van der Waals surface area (Å²) in [6.45, 7) is 7.02. The van der Waals surface area contributed by atoms with E-state index in [0.29, 0.717) is 24.8 Å². The minimum Gasteiger partial charge on any atom is -0.337 e. The monoisotopic (exact) mass is 376 g/mol. The van der Waals surface area contributed by atoms with Crippen molar-refractivity contribution in [2.24, 2.45) is 0 Å². The summed E-state index contributed by atoms with van der Waals surface area (Å²) >= 11 is 0. The molecule has 6 heteroatoms. The van der Waals surface area contributed by atoms with Crippen LogP contribution in [0.4, 0.5) is 0 Å². The molecule has 6 nitrogen and oxygen atoms in total. The average molecular weight is 376 g/mol. The van der Waals surface area contributed by atoms with Gasteiger partial charge >= 0.3 is 0 Å². The lowest BCUT2D eigenvalue weighted by Gasteiger charge is -2.36. The zero-order valence-electron chi connectivity index (χ0n) is 16.2. The van der Waals surface area contributed by atoms with Crippen LogP contribution in [0, 0.1) is 6.92 Å². The Balaban J connectivity index is 1.38. The summed E-state index contributed by atoms with van der Waals surface area (Å²) in [5, 5.41) is 4.12. The van der Waals surface area contributed by atoms with Crippen LogP contribution in [0.2, 0.25) is 0 Å². The molecule has 1 saturated heterocycles. The van der Waals surface area contributed by atoms with Gasteiger partial charge in [-0.05, 0) is 26.0 Å². The van der Waals surface area contributed by atoms with Crippen LogP contribution < -0.4 is 0 Å². The topological polar surface area (TPSA) is 62.5 Å². The van der Waals surface area contributed by atoms with Gasteiger partial charge in [-0.2, -0.15) is 4.98 Å². The van der Waals surface area contributed by atoms with E-state index in [2.05, 4.69) is 22.0 Å². The lowest BCUT2D eigenvalue weighted by molar-refractivity contribution is 0.0551. The van der Waals surface area contributed by atoms with E-state index in [-0.39, 0.29) is 11.9 Å². The molecule has 144 valence electrons. The van der Waals surface area contributed by atoms with Crippen molar-refractivity contribution in [1.82, 2.24) is 19.9 Å². The van der Waals surface area contributed by atoms with Crippen LogP contribution in [0.15, 0.2) is 59.1 Å². The highest BCUT2D eigenvalue weighted by Crippen LogP contribution is 2.23. The Hall–Kier alpha value is -2.99. The molecule has 3 aromatic rings. The zero-order chi connectivity index (χ0) is 19.5. The van der Waals surface area contributed by atoms with Crippen molar-refractivity contribution in [2.45, 2.75) is 19.9 Å². The van der Waals surface area contributed by atoms with Gasteiger partial charge in [0.25, 0.3) is 5.91 Å². The maximum atomic E-state index is 12.7. The summed E-state index contributed by atoms with van der Waals surface area (Å²) in [6.07, 6.45) is 0. The summed E-state index contributed by atoms with van der Waals surface area (Å²) in [7, 11) is 0. The van der Waals surface area contributed by atoms with Crippen molar-refractivity contribution in [3.63, 3.8) is 0 Å². The molecular formula is C22H24N4O2. The first-order valence-corrected chi connectivity index (χ1v) is 9.61. The van der Waals surface area contributed by atoms with E-state index in [1.807, 2.05) is 66.4 Å². The van der Waals surface area contributed by atoms with Gasteiger partial charge in [-0.1, -0.05) is 53.2 Å². The molecule has 2 aromatic carbocycles. The predicted molar refractivity (Wildman–Crippen MR) is 107 cm³/mol. The Bertz CT molecular complexity index is 946. The van der Waals surface area contributed by atoms with Crippen LogP contribution in [0.5, 0.6) is 0 Å². The number of carbonyl (C=O) groups is 1. The molecule has 4 rings (SSSR count).